The summed E-state index contributed by atoms with van der Waals surface area (Å²) in [5.74, 6) is 6.41. The van der Waals surface area contributed by atoms with Crippen molar-refractivity contribution in [2.45, 2.75) is 26.2 Å². The van der Waals surface area contributed by atoms with Gasteiger partial charge in [0.15, 0.2) is 0 Å². The fraction of sp³-hybridized carbons (Fsp3) is 0.185. The number of hydrogen-bond acceptors (Lipinski definition) is 5. The van der Waals surface area contributed by atoms with E-state index in [9.17, 15) is 0 Å². The zero-order valence-electron chi connectivity index (χ0n) is 18.4. The van der Waals surface area contributed by atoms with Crippen molar-refractivity contribution >= 4 is 5.70 Å². The zero-order chi connectivity index (χ0) is 22.8. The molecule has 0 amide bonds. The summed E-state index contributed by atoms with van der Waals surface area (Å²) in [5.41, 5.74) is 15.2. The Hall–Kier alpha value is -3.40. The van der Waals surface area contributed by atoms with E-state index in [0.717, 1.165) is 29.8 Å². The molecule has 0 spiro atoms. The van der Waals surface area contributed by atoms with Crippen molar-refractivity contribution in [2.75, 3.05) is 6.54 Å². The van der Waals surface area contributed by atoms with Gasteiger partial charge in [0.05, 0.1) is 12.7 Å². The Morgan fingerprint density at radius 2 is 1.56 bits per heavy atom. The van der Waals surface area contributed by atoms with Crippen LogP contribution in [0.25, 0.3) is 5.70 Å². The number of aryl methyl sites for hydroxylation is 1. The van der Waals surface area contributed by atoms with Gasteiger partial charge in [0.25, 0.3) is 0 Å². The number of nitrogens with one attached hydrogen (secondary N) is 3. The summed E-state index contributed by atoms with van der Waals surface area (Å²) in [6.45, 7) is 8.02. The maximum atomic E-state index is 8.70. The van der Waals surface area contributed by atoms with Crippen molar-refractivity contribution in [3.63, 3.8) is 0 Å². The first-order chi connectivity index (χ1) is 15.5. The molecule has 1 atom stereocenters. The largest absolute Gasteiger partial charge is 0.369 e. The first kappa shape index (κ1) is 23.3. The predicted molar refractivity (Wildman–Crippen MR) is 131 cm³/mol. The Kier molecular flexibility index (Phi) is 8.61. The molecule has 164 valence electrons. The number of hydrogen-bond donors (Lipinski definition) is 5. The van der Waals surface area contributed by atoms with Crippen molar-refractivity contribution in [3.05, 3.63) is 113 Å². The number of nitrogens with two attached hydrogens (primary N) is 1. The number of benzene rings is 3. The Morgan fingerprint density at radius 3 is 2.19 bits per heavy atom. The highest BCUT2D eigenvalue weighted by molar-refractivity contribution is 5.62. The average molecular weight is 427 g/mol. The van der Waals surface area contributed by atoms with Crippen molar-refractivity contribution in [3.8, 4) is 11.8 Å². The molecule has 5 heteroatoms. The predicted octanol–water partition coefficient (Wildman–Crippen LogP) is 3.51. The van der Waals surface area contributed by atoms with Crippen LogP contribution in [0, 0.1) is 18.8 Å². The van der Waals surface area contributed by atoms with Crippen molar-refractivity contribution in [1.82, 2.24) is 16.1 Å². The van der Waals surface area contributed by atoms with Crippen molar-refractivity contribution < 1.29 is 5.21 Å². The van der Waals surface area contributed by atoms with Crippen LogP contribution in [0.1, 0.15) is 33.4 Å². The van der Waals surface area contributed by atoms with E-state index in [1.165, 1.54) is 16.7 Å². The monoisotopic (exact) mass is 426 g/mol. The molecule has 0 aliphatic heterocycles. The molecular formula is C27H30N4O. The van der Waals surface area contributed by atoms with Gasteiger partial charge in [-0.1, -0.05) is 67.0 Å². The van der Waals surface area contributed by atoms with Crippen LogP contribution < -0.4 is 21.8 Å². The summed E-state index contributed by atoms with van der Waals surface area (Å²) >= 11 is 0. The topological polar surface area (TPSA) is 82.3 Å². The molecule has 0 saturated carbocycles. The lowest BCUT2D eigenvalue weighted by Gasteiger charge is -2.16. The molecule has 0 radical (unpaired) electrons. The molecule has 0 heterocycles. The second-order valence-electron chi connectivity index (χ2n) is 7.65. The summed E-state index contributed by atoms with van der Waals surface area (Å²) in [5, 5.41) is 15.2. The van der Waals surface area contributed by atoms with E-state index in [0.29, 0.717) is 5.70 Å². The van der Waals surface area contributed by atoms with E-state index in [2.05, 4.69) is 84.5 Å². The molecule has 32 heavy (non-hydrogen) atoms. The molecule has 3 aromatic rings. The third-order valence-corrected chi connectivity index (χ3v) is 5.12. The fourth-order valence-electron chi connectivity index (χ4n) is 3.21. The Morgan fingerprint density at radius 1 is 0.938 bits per heavy atom. The van der Waals surface area contributed by atoms with Gasteiger partial charge in [0.1, 0.15) is 0 Å². The van der Waals surface area contributed by atoms with Crippen LogP contribution in [0.5, 0.6) is 0 Å². The highest BCUT2D eigenvalue weighted by Gasteiger charge is 2.04. The average Bonchev–Trinajstić information content (AvgIpc) is 2.80. The van der Waals surface area contributed by atoms with Crippen LogP contribution >= 0.6 is 0 Å². The van der Waals surface area contributed by atoms with Gasteiger partial charge in [0.2, 0.25) is 0 Å². The zero-order valence-corrected chi connectivity index (χ0v) is 18.4. The van der Waals surface area contributed by atoms with Crippen LogP contribution in [0.2, 0.25) is 0 Å². The van der Waals surface area contributed by atoms with Gasteiger partial charge in [-0.05, 0) is 53.4 Å². The molecule has 6 N–H and O–H groups in total. The van der Waals surface area contributed by atoms with Crippen molar-refractivity contribution in [1.29, 1.82) is 0 Å². The van der Waals surface area contributed by atoms with Gasteiger partial charge in [-0.25, -0.2) is 5.48 Å². The molecular weight excluding hydrogens is 396 g/mol. The van der Waals surface area contributed by atoms with Crippen LogP contribution in [0.4, 0.5) is 0 Å². The minimum atomic E-state index is -0.424. The lowest BCUT2D eigenvalue weighted by atomic mass is 10.1. The first-order valence-electron chi connectivity index (χ1n) is 10.6. The quantitative estimate of drug-likeness (QED) is 0.206. The second kappa shape index (κ2) is 11.8. The van der Waals surface area contributed by atoms with Crippen molar-refractivity contribution in [2.24, 2.45) is 5.73 Å². The molecule has 0 saturated heterocycles. The summed E-state index contributed by atoms with van der Waals surface area (Å²) in [7, 11) is 0. The Bertz CT molecular complexity index is 1080. The maximum Gasteiger partial charge on any atom is 0.0894 e. The summed E-state index contributed by atoms with van der Waals surface area (Å²) in [4.78, 5) is 0. The molecule has 5 nitrogen and oxygen atoms in total. The smallest absolute Gasteiger partial charge is 0.0894 e. The molecule has 0 aliphatic rings. The molecule has 0 fully saturated rings. The van der Waals surface area contributed by atoms with E-state index in [4.69, 9.17) is 10.9 Å². The standard InChI is InChI=1S/C27H30N4O/c1-20-5-3-4-6-26(20)18-29-17-24-11-9-22(10-12-24)7-8-23-13-15-25(16-14-23)21(2)31-27(28)19-30-32/h3-6,9-16,27,29-32H,2,17-19,28H2,1H3. The highest BCUT2D eigenvalue weighted by Crippen LogP contribution is 2.12. The summed E-state index contributed by atoms with van der Waals surface area (Å²) in [6, 6.07) is 24.5. The highest BCUT2D eigenvalue weighted by atomic mass is 16.5. The molecule has 3 rings (SSSR count). The molecule has 1 unspecified atom stereocenters. The minimum Gasteiger partial charge on any atom is -0.369 e. The molecule has 0 bridgehead atoms. The third-order valence-electron chi connectivity index (χ3n) is 5.12. The van der Waals surface area contributed by atoms with E-state index in [-0.39, 0.29) is 6.54 Å². The van der Waals surface area contributed by atoms with Crippen LogP contribution in [-0.2, 0) is 13.1 Å². The summed E-state index contributed by atoms with van der Waals surface area (Å²) < 4.78 is 0. The first-order valence-corrected chi connectivity index (χ1v) is 10.6. The molecule has 3 aromatic carbocycles. The minimum absolute atomic E-state index is 0.226. The van der Waals surface area contributed by atoms with Gasteiger partial charge >= 0.3 is 0 Å². The van der Waals surface area contributed by atoms with E-state index in [1.807, 2.05) is 29.7 Å². The Labute approximate surface area is 190 Å². The van der Waals surface area contributed by atoms with E-state index < -0.39 is 6.17 Å². The number of rotatable bonds is 9. The van der Waals surface area contributed by atoms with E-state index in [1.54, 1.807) is 0 Å². The normalized spacial score (nSPS) is 11.3. The third kappa shape index (κ3) is 7.09. The van der Waals surface area contributed by atoms with Gasteiger partial charge in [-0.3, -0.25) is 0 Å². The van der Waals surface area contributed by atoms with Crippen LogP contribution in [-0.4, -0.2) is 17.9 Å². The molecule has 0 aromatic heterocycles. The van der Waals surface area contributed by atoms with Crippen LogP contribution in [0.15, 0.2) is 79.4 Å². The summed E-state index contributed by atoms with van der Waals surface area (Å²) in [6.07, 6.45) is -0.424. The van der Waals surface area contributed by atoms with Gasteiger partial charge < -0.3 is 21.6 Å². The molecule has 0 aliphatic carbocycles. The van der Waals surface area contributed by atoms with Gasteiger partial charge in [-0.15, -0.1) is 0 Å². The lowest BCUT2D eigenvalue weighted by Crippen LogP contribution is -2.43. The second-order valence-corrected chi connectivity index (χ2v) is 7.65. The van der Waals surface area contributed by atoms with Gasteiger partial charge in [0, 0.05) is 29.9 Å². The fourth-order valence-corrected chi connectivity index (χ4v) is 3.21. The maximum absolute atomic E-state index is 8.70. The van der Waals surface area contributed by atoms with Gasteiger partial charge in [-0.2, -0.15) is 0 Å². The Balaban J connectivity index is 1.52. The SMILES string of the molecule is C=C(NC(N)CNO)c1ccc(C#Cc2ccc(CNCc3ccccc3C)cc2)cc1. The lowest BCUT2D eigenvalue weighted by molar-refractivity contribution is 0.158. The van der Waals surface area contributed by atoms with Crippen LogP contribution in [0.3, 0.4) is 0 Å². The van der Waals surface area contributed by atoms with E-state index >= 15 is 0 Å². The number of hydroxylamine groups is 1.